The number of benzene rings is 1. The number of carbonyl (C=O) groups excluding carboxylic acids is 1. The van der Waals surface area contributed by atoms with E-state index in [-0.39, 0.29) is 18.6 Å². The van der Waals surface area contributed by atoms with Crippen molar-refractivity contribution in [3.63, 3.8) is 0 Å². The Morgan fingerprint density at radius 1 is 1.24 bits per heavy atom. The summed E-state index contributed by atoms with van der Waals surface area (Å²) in [5.74, 6) is 0.483. The second-order valence-corrected chi connectivity index (χ2v) is 5.96. The normalized spacial score (nSPS) is 13.9. The lowest BCUT2D eigenvalue weighted by Gasteiger charge is -2.30. The van der Waals surface area contributed by atoms with E-state index in [0.717, 1.165) is 16.9 Å². The molecule has 0 aliphatic rings. The Balaban J connectivity index is 2.83. The van der Waals surface area contributed by atoms with E-state index < -0.39 is 5.54 Å². The molecule has 0 saturated heterocycles. The molecule has 1 aromatic carbocycles. The van der Waals surface area contributed by atoms with Gasteiger partial charge in [-0.15, -0.1) is 0 Å². The SMILES string of the molecule is CCOC(=O)C(C)(COc1cc(C)cc(C)c1)NC(C)C. The second-order valence-electron chi connectivity index (χ2n) is 5.96. The Morgan fingerprint density at radius 3 is 2.29 bits per heavy atom. The zero-order valence-electron chi connectivity index (χ0n) is 13.9. The molecule has 118 valence electrons. The summed E-state index contributed by atoms with van der Waals surface area (Å²) < 4.78 is 11.0. The lowest BCUT2D eigenvalue weighted by Crippen LogP contribution is -2.57. The molecule has 1 atom stereocenters. The van der Waals surface area contributed by atoms with Crippen molar-refractivity contribution in [2.75, 3.05) is 13.2 Å². The molecule has 0 aliphatic carbocycles. The molecule has 4 nitrogen and oxygen atoms in total. The Labute approximate surface area is 127 Å². The molecule has 1 N–H and O–H groups in total. The topological polar surface area (TPSA) is 47.6 Å². The third-order valence-electron chi connectivity index (χ3n) is 3.06. The van der Waals surface area contributed by atoms with Crippen LogP contribution in [-0.2, 0) is 9.53 Å². The molecule has 0 radical (unpaired) electrons. The minimum Gasteiger partial charge on any atom is -0.491 e. The monoisotopic (exact) mass is 293 g/mol. The van der Waals surface area contributed by atoms with Gasteiger partial charge in [-0.2, -0.15) is 0 Å². The molecule has 0 saturated carbocycles. The molecule has 1 aromatic rings. The summed E-state index contributed by atoms with van der Waals surface area (Å²) in [5, 5.41) is 3.24. The van der Waals surface area contributed by atoms with Crippen molar-refractivity contribution in [3.8, 4) is 5.75 Å². The Hall–Kier alpha value is -1.55. The molecule has 1 rings (SSSR count). The van der Waals surface area contributed by atoms with Crippen LogP contribution in [0.25, 0.3) is 0 Å². The fourth-order valence-corrected chi connectivity index (χ4v) is 2.33. The number of hydrogen-bond donors (Lipinski definition) is 1. The smallest absolute Gasteiger partial charge is 0.329 e. The highest BCUT2D eigenvalue weighted by Crippen LogP contribution is 2.18. The third kappa shape index (κ3) is 5.38. The zero-order valence-corrected chi connectivity index (χ0v) is 13.9. The van der Waals surface area contributed by atoms with Crippen LogP contribution >= 0.6 is 0 Å². The highest BCUT2D eigenvalue weighted by Gasteiger charge is 2.36. The Morgan fingerprint density at radius 2 is 1.81 bits per heavy atom. The van der Waals surface area contributed by atoms with Crippen molar-refractivity contribution in [2.45, 2.75) is 53.1 Å². The predicted octanol–water partition coefficient (Wildman–Crippen LogP) is 3.00. The quantitative estimate of drug-likeness (QED) is 0.785. The van der Waals surface area contributed by atoms with Crippen molar-refractivity contribution in [2.24, 2.45) is 0 Å². The molecule has 0 amide bonds. The Kier molecular flexibility index (Phi) is 6.21. The summed E-state index contributed by atoms with van der Waals surface area (Å²) in [4.78, 5) is 12.2. The van der Waals surface area contributed by atoms with Gasteiger partial charge < -0.3 is 9.47 Å². The number of ether oxygens (including phenoxy) is 2. The number of esters is 1. The number of aryl methyl sites for hydroxylation is 2. The van der Waals surface area contributed by atoms with E-state index in [9.17, 15) is 4.79 Å². The fourth-order valence-electron chi connectivity index (χ4n) is 2.33. The summed E-state index contributed by atoms with van der Waals surface area (Å²) in [5.41, 5.74) is 1.42. The van der Waals surface area contributed by atoms with Gasteiger partial charge in [-0.1, -0.05) is 6.07 Å². The Bertz CT molecular complexity index is 465. The highest BCUT2D eigenvalue weighted by molar-refractivity contribution is 5.80. The maximum absolute atomic E-state index is 12.2. The molecule has 0 spiro atoms. The van der Waals surface area contributed by atoms with Gasteiger partial charge in [-0.05, 0) is 64.8 Å². The number of nitrogens with one attached hydrogen (secondary N) is 1. The first kappa shape index (κ1) is 17.5. The van der Waals surface area contributed by atoms with Gasteiger partial charge in [0.15, 0.2) is 0 Å². The molecule has 21 heavy (non-hydrogen) atoms. The standard InChI is InChI=1S/C17H27NO3/c1-7-20-16(19)17(6,18-12(2)3)11-21-15-9-13(4)8-14(5)10-15/h8-10,12,18H,7,11H2,1-6H3. The van der Waals surface area contributed by atoms with Crippen molar-refractivity contribution >= 4 is 5.97 Å². The van der Waals surface area contributed by atoms with E-state index in [1.807, 2.05) is 46.8 Å². The third-order valence-corrected chi connectivity index (χ3v) is 3.06. The van der Waals surface area contributed by atoms with Crippen molar-refractivity contribution in [3.05, 3.63) is 29.3 Å². The summed E-state index contributed by atoms with van der Waals surface area (Å²) >= 11 is 0. The van der Waals surface area contributed by atoms with Gasteiger partial charge in [0.2, 0.25) is 0 Å². The average Bonchev–Trinajstić information content (AvgIpc) is 2.35. The minimum atomic E-state index is -0.859. The van der Waals surface area contributed by atoms with Crippen LogP contribution in [-0.4, -0.2) is 30.8 Å². The van der Waals surface area contributed by atoms with Crippen LogP contribution in [0.1, 0.15) is 38.8 Å². The first-order chi connectivity index (χ1) is 9.76. The second kappa shape index (κ2) is 7.46. The molecular weight excluding hydrogens is 266 g/mol. The van der Waals surface area contributed by atoms with Crippen molar-refractivity contribution in [1.82, 2.24) is 5.32 Å². The molecule has 0 fully saturated rings. The molecular formula is C17H27NO3. The van der Waals surface area contributed by atoms with Gasteiger partial charge in [0.05, 0.1) is 6.61 Å². The van der Waals surface area contributed by atoms with E-state index in [2.05, 4.69) is 11.4 Å². The van der Waals surface area contributed by atoms with E-state index >= 15 is 0 Å². The molecule has 1 unspecified atom stereocenters. The van der Waals surface area contributed by atoms with Crippen LogP contribution in [0.4, 0.5) is 0 Å². The van der Waals surface area contributed by atoms with Gasteiger partial charge >= 0.3 is 5.97 Å². The van der Waals surface area contributed by atoms with Crippen LogP contribution in [0.15, 0.2) is 18.2 Å². The summed E-state index contributed by atoms with van der Waals surface area (Å²) in [6.45, 7) is 12.2. The van der Waals surface area contributed by atoms with Gasteiger partial charge in [-0.3, -0.25) is 5.32 Å². The lowest BCUT2D eigenvalue weighted by molar-refractivity contribution is -0.152. The minimum absolute atomic E-state index is 0.155. The number of hydrogen-bond acceptors (Lipinski definition) is 4. The molecule has 4 heteroatoms. The van der Waals surface area contributed by atoms with E-state index in [4.69, 9.17) is 9.47 Å². The van der Waals surface area contributed by atoms with E-state index in [1.54, 1.807) is 6.92 Å². The highest BCUT2D eigenvalue weighted by atomic mass is 16.5. The molecule has 0 aliphatic heterocycles. The molecule has 0 aromatic heterocycles. The van der Waals surface area contributed by atoms with Crippen LogP contribution in [0.5, 0.6) is 5.75 Å². The van der Waals surface area contributed by atoms with Crippen molar-refractivity contribution in [1.29, 1.82) is 0 Å². The van der Waals surface area contributed by atoms with Gasteiger partial charge in [0.25, 0.3) is 0 Å². The molecule has 0 bridgehead atoms. The predicted molar refractivity (Wildman–Crippen MR) is 84.7 cm³/mol. The maximum Gasteiger partial charge on any atom is 0.329 e. The first-order valence-electron chi connectivity index (χ1n) is 7.43. The van der Waals surface area contributed by atoms with Gasteiger partial charge in [-0.25, -0.2) is 4.79 Å². The fraction of sp³-hybridized carbons (Fsp3) is 0.588. The summed E-state index contributed by atoms with van der Waals surface area (Å²) in [6, 6.07) is 6.17. The first-order valence-corrected chi connectivity index (χ1v) is 7.43. The van der Waals surface area contributed by atoms with E-state index in [1.165, 1.54) is 0 Å². The van der Waals surface area contributed by atoms with Crippen LogP contribution < -0.4 is 10.1 Å². The lowest BCUT2D eigenvalue weighted by atomic mass is 10.0. The van der Waals surface area contributed by atoms with Crippen LogP contribution in [0, 0.1) is 13.8 Å². The zero-order chi connectivity index (χ0) is 16.0. The van der Waals surface area contributed by atoms with Gasteiger partial charge in [0.1, 0.15) is 17.9 Å². The summed E-state index contributed by atoms with van der Waals surface area (Å²) in [7, 11) is 0. The van der Waals surface area contributed by atoms with Gasteiger partial charge in [0, 0.05) is 6.04 Å². The summed E-state index contributed by atoms with van der Waals surface area (Å²) in [6.07, 6.45) is 0. The average molecular weight is 293 g/mol. The van der Waals surface area contributed by atoms with Crippen LogP contribution in [0.3, 0.4) is 0 Å². The van der Waals surface area contributed by atoms with Crippen LogP contribution in [0.2, 0.25) is 0 Å². The number of carbonyl (C=O) groups is 1. The van der Waals surface area contributed by atoms with E-state index in [0.29, 0.717) is 6.61 Å². The maximum atomic E-state index is 12.2. The number of rotatable bonds is 7. The van der Waals surface area contributed by atoms with Crippen molar-refractivity contribution < 1.29 is 14.3 Å². The molecule has 0 heterocycles. The largest absolute Gasteiger partial charge is 0.491 e.